The summed E-state index contributed by atoms with van der Waals surface area (Å²) >= 11 is 0. The lowest BCUT2D eigenvalue weighted by atomic mass is 10.0. The zero-order valence-corrected chi connectivity index (χ0v) is 18.7. The Morgan fingerprint density at radius 3 is 2.26 bits per heavy atom. The monoisotopic (exact) mass is 459 g/mol. The van der Waals surface area contributed by atoms with Crippen LogP contribution in [-0.4, -0.2) is 41.2 Å². The number of ether oxygens (including phenoxy) is 1. The van der Waals surface area contributed by atoms with Gasteiger partial charge < -0.3 is 15.2 Å². The minimum absolute atomic E-state index is 0.0358. The summed E-state index contributed by atoms with van der Waals surface area (Å²) in [7, 11) is 1.47. The van der Waals surface area contributed by atoms with Crippen molar-refractivity contribution in [3.8, 4) is 5.75 Å². The number of rotatable bonds is 8. The lowest BCUT2D eigenvalue weighted by molar-refractivity contribution is -0.130. The van der Waals surface area contributed by atoms with E-state index in [1.165, 1.54) is 18.2 Å². The number of carbonyl (C=O) groups is 3. The molecule has 8 heteroatoms. The molecule has 0 saturated carbocycles. The Kier molecular flexibility index (Phi) is 6.89. The Hall–Kier alpha value is -4.17. The Balaban J connectivity index is 1.40. The van der Waals surface area contributed by atoms with E-state index >= 15 is 0 Å². The molecular weight excluding hydrogens is 434 g/mol. The minimum atomic E-state index is -1.56. The molecule has 1 unspecified atom stereocenters. The maximum Gasteiger partial charge on any atom is 0.326 e. The summed E-state index contributed by atoms with van der Waals surface area (Å²) in [5.74, 6) is -0.734. The van der Waals surface area contributed by atoms with Crippen LogP contribution in [0.4, 0.5) is 4.79 Å². The van der Waals surface area contributed by atoms with E-state index in [4.69, 9.17) is 4.74 Å². The lowest BCUT2D eigenvalue weighted by Gasteiger charge is -2.18. The Morgan fingerprint density at radius 2 is 1.62 bits per heavy atom. The van der Waals surface area contributed by atoms with Crippen LogP contribution in [0.15, 0.2) is 72.8 Å². The zero-order chi connectivity index (χ0) is 24.1. The van der Waals surface area contributed by atoms with Crippen LogP contribution in [0, 0.1) is 0 Å². The highest BCUT2D eigenvalue weighted by Crippen LogP contribution is 2.22. The first kappa shape index (κ1) is 23.0. The lowest BCUT2D eigenvalue weighted by Crippen LogP contribution is -2.34. The summed E-state index contributed by atoms with van der Waals surface area (Å²) in [4.78, 5) is 37.2. The second-order valence-electron chi connectivity index (χ2n) is 7.99. The number of nitrogens with zero attached hydrogens (tertiary/aromatic N) is 1. The van der Waals surface area contributed by atoms with Crippen molar-refractivity contribution in [1.29, 1.82) is 0 Å². The summed E-state index contributed by atoms with van der Waals surface area (Å²) in [6.45, 7) is 0.297. The molecule has 3 N–H and O–H groups in total. The van der Waals surface area contributed by atoms with Crippen molar-refractivity contribution in [2.45, 2.75) is 25.7 Å². The summed E-state index contributed by atoms with van der Waals surface area (Å²) in [6.07, 6.45) is -0.718. The summed E-state index contributed by atoms with van der Waals surface area (Å²) in [6, 6.07) is 22.4. The number of nitrogens with one attached hydrogen (secondary N) is 2. The maximum atomic E-state index is 12.9. The first-order valence-corrected chi connectivity index (χ1v) is 10.8. The molecule has 0 aliphatic carbocycles. The van der Waals surface area contributed by atoms with Gasteiger partial charge in [-0.2, -0.15) is 0 Å². The molecule has 8 nitrogen and oxygen atoms in total. The van der Waals surface area contributed by atoms with Crippen LogP contribution in [0.5, 0.6) is 5.75 Å². The number of benzene rings is 3. The summed E-state index contributed by atoms with van der Waals surface area (Å²) in [5, 5.41) is 14.8. The Bertz CT molecular complexity index is 1190. The maximum absolute atomic E-state index is 12.9. The number of imide groups is 1. The molecule has 0 spiro atoms. The first-order chi connectivity index (χ1) is 16.4. The molecule has 1 atom stereocenters. The van der Waals surface area contributed by atoms with Gasteiger partial charge in [0.05, 0.1) is 19.2 Å². The van der Waals surface area contributed by atoms with E-state index < -0.39 is 18.2 Å². The molecule has 0 radical (unpaired) electrons. The van der Waals surface area contributed by atoms with Crippen molar-refractivity contribution in [3.05, 3.63) is 101 Å². The molecular formula is C26H25N3O5. The van der Waals surface area contributed by atoms with Gasteiger partial charge in [0.2, 0.25) is 6.23 Å². The molecule has 174 valence electrons. The first-order valence-electron chi connectivity index (χ1n) is 10.8. The van der Waals surface area contributed by atoms with Crippen molar-refractivity contribution in [2.24, 2.45) is 0 Å². The molecule has 34 heavy (non-hydrogen) atoms. The molecule has 1 heterocycles. The third-order valence-electron chi connectivity index (χ3n) is 5.61. The molecule has 0 bridgehead atoms. The highest BCUT2D eigenvalue weighted by molar-refractivity contribution is 6.03. The van der Waals surface area contributed by atoms with Gasteiger partial charge in [0.15, 0.2) is 0 Å². The molecule has 1 aliphatic rings. The standard InChI is InChI=1S/C26H25N3O5/c1-34-22-12-11-20(16-29-25(32)24(31)28-26(29)33)14-21(22)23(30)27-15-19-9-7-18(8-10-19)13-17-5-3-2-4-6-17/h2-12,14,25,32H,13,15-16H2,1H3,(H,27,30)(H,28,31,33). The van der Waals surface area contributed by atoms with Crippen molar-refractivity contribution >= 4 is 17.8 Å². The quantitative estimate of drug-likeness (QED) is 0.449. The fourth-order valence-corrected chi connectivity index (χ4v) is 3.76. The highest BCUT2D eigenvalue weighted by atomic mass is 16.5. The molecule has 1 fully saturated rings. The minimum Gasteiger partial charge on any atom is -0.496 e. The molecule has 4 amide bonds. The van der Waals surface area contributed by atoms with E-state index in [9.17, 15) is 19.5 Å². The van der Waals surface area contributed by atoms with Crippen LogP contribution in [0.2, 0.25) is 0 Å². The summed E-state index contributed by atoms with van der Waals surface area (Å²) in [5.41, 5.74) is 4.23. The van der Waals surface area contributed by atoms with Crippen molar-refractivity contribution in [3.63, 3.8) is 0 Å². The number of aliphatic hydroxyl groups excluding tert-OH is 1. The van der Waals surface area contributed by atoms with Gasteiger partial charge in [-0.05, 0) is 40.8 Å². The predicted molar refractivity (Wildman–Crippen MR) is 125 cm³/mol. The van der Waals surface area contributed by atoms with E-state index in [-0.39, 0.29) is 12.5 Å². The highest BCUT2D eigenvalue weighted by Gasteiger charge is 2.36. The molecule has 4 rings (SSSR count). The zero-order valence-electron chi connectivity index (χ0n) is 18.7. The van der Waals surface area contributed by atoms with Gasteiger partial charge >= 0.3 is 6.03 Å². The van der Waals surface area contributed by atoms with Crippen molar-refractivity contribution in [2.75, 3.05) is 7.11 Å². The fourth-order valence-electron chi connectivity index (χ4n) is 3.76. The Labute approximate surface area is 197 Å². The van der Waals surface area contributed by atoms with Crippen LogP contribution in [0.1, 0.15) is 32.6 Å². The number of carbonyl (C=O) groups excluding carboxylic acids is 3. The third kappa shape index (κ3) is 5.24. The van der Waals surface area contributed by atoms with E-state index in [1.807, 2.05) is 47.8 Å². The summed E-state index contributed by atoms with van der Waals surface area (Å²) < 4.78 is 5.32. The van der Waals surface area contributed by atoms with Crippen molar-refractivity contribution in [1.82, 2.24) is 15.5 Å². The number of amides is 4. The smallest absolute Gasteiger partial charge is 0.326 e. The molecule has 3 aromatic carbocycles. The topological polar surface area (TPSA) is 108 Å². The largest absolute Gasteiger partial charge is 0.496 e. The second-order valence-corrected chi connectivity index (χ2v) is 7.99. The van der Waals surface area contributed by atoms with Crippen LogP contribution >= 0.6 is 0 Å². The number of hydrogen-bond donors (Lipinski definition) is 3. The predicted octanol–water partition coefficient (Wildman–Crippen LogP) is 2.59. The normalized spacial score (nSPS) is 15.2. The number of hydrogen-bond acceptors (Lipinski definition) is 5. The van der Waals surface area contributed by atoms with Gasteiger partial charge in [-0.25, -0.2) is 4.79 Å². The van der Waals surface area contributed by atoms with Crippen LogP contribution < -0.4 is 15.4 Å². The third-order valence-corrected chi connectivity index (χ3v) is 5.61. The van der Waals surface area contributed by atoms with E-state index in [0.29, 0.717) is 23.4 Å². The van der Waals surface area contributed by atoms with Crippen LogP contribution in [0.25, 0.3) is 0 Å². The van der Waals surface area contributed by atoms with E-state index in [2.05, 4.69) is 17.4 Å². The molecule has 1 saturated heterocycles. The molecule has 3 aromatic rings. The SMILES string of the molecule is COc1ccc(CN2C(=O)NC(=O)C2O)cc1C(=O)NCc1ccc(Cc2ccccc2)cc1. The molecule has 1 aliphatic heterocycles. The average molecular weight is 460 g/mol. The van der Waals surface area contributed by atoms with Gasteiger partial charge in [0.25, 0.3) is 11.8 Å². The molecule has 0 aromatic heterocycles. The number of urea groups is 1. The van der Waals surface area contributed by atoms with Gasteiger partial charge in [-0.15, -0.1) is 0 Å². The van der Waals surface area contributed by atoms with Crippen LogP contribution in [-0.2, 0) is 24.3 Å². The van der Waals surface area contributed by atoms with Crippen LogP contribution in [0.3, 0.4) is 0 Å². The van der Waals surface area contributed by atoms with Gasteiger partial charge in [-0.3, -0.25) is 19.8 Å². The average Bonchev–Trinajstić information content (AvgIpc) is 3.09. The van der Waals surface area contributed by atoms with E-state index in [1.54, 1.807) is 18.2 Å². The fraction of sp³-hybridized carbons (Fsp3) is 0.192. The second kappa shape index (κ2) is 10.2. The van der Waals surface area contributed by atoms with E-state index in [0.717, 1.165) is 16.9 Å². The number of aliphatic hydroxyl groups is 1. The van der Waals surface area contributed by atoms with Crippen molar-refractivity contribution < 1.29 is 24.2 Å². The van der Waals surface area contributed by atoms with Gasteiger partial charge in [0.1, 0.15) is 5.75 Å². The Morgan fingerprint density at radius 1 is 0.971 bits per heavy atom. The number of methoxy groups -OCH3 is 1. The van der Waals surface area contributed by atoms with Gasteiger partial charge in [0, 0.05) is 6.54 Å². The van der Waals surface area contributed by atoms with Gasteiger partial charge in [-0.1, -0.05) is 60.7 Å².